The zero-order valence-electron chi connectivity index (χ0n) is 23.2. The quantitative estimate of drug-likeness (QED) is 0.551. The van der Waals surface area contributed by atoms with E-state index in [-0.39, 0.29) is 47.7 Å². The first-order valence-corrected chi connectivity index (χ1v) is 15.5. The summed E-state index contributed by atoms with van der Waals surface area (Å²) >= 11 is 0. The minimum atomic E-state index is -4.08. The number of β-amino-alcohol motifs (C(OH)–C–C–N with tert-alkyl or cyclic N) is 1. The number of hydrogen-bond donors (Lipinski definition) is 2. The van der Waals surface area contributed by atoms with Crippen LogP contribution in [0.3, 0.4) is 0 Å². The molecule has 2 fully saturated rings. The third-order valence-electron chi connectivity index (χ3n) is 8.35. The molecule has 1 unspecified atom stereocenters. The average molecular weight is 594 g/mol. The van der Waals surface area contributed by atoms with Crippen molar-refractivity contribution in [2.45, 2.75) is 36.7 Å². The van der Waals surface area contributed by atoms with Gasteiger partial charge in [-0.1, -0.05) is 6.07 Å². The third kappa shape index (κ3) is 6.89. The lowest BCUT2D eigenvalue weighted by molar-refractivity contribution is -0.141. The van der Waals surface area contributed by atoms with Gasteiger partial charge < -0.3 is 24.4 Å². The highest BCUT2D eigenvalue weighted by molar-refractivity contribution is 7.89. The standard InChI is InChI=1S/C29H37F2N3O6S/c1-33-17-23(35)16-32-41(37,38)27-5-2-21(24-4-3-22(30)15-25(24)31)14-26(27)40-19-29(18-33)8-10-34(11-9-29)28(36)20-6-12-39-13-7-20/h2-5,14-15,20,23,32,35H,6-13,16-19H2,1H3. The Morgan fingerprint density at radius 1 is 1.10 bits per heavy atom. The summed E-state index contributed by atoms with van der Waals surface area (Å²) in [6.45, 7) is 3.06. The molecule has 2 aromatic carbocycles. The molecule has 224 valence electrons. The van der Waals surface area contributed by atoms with E-state index in [9.17, 15) is 27.1 Å². The molecule has 0 saturated carbocycles. The number of amides is 1. The first-order chi connectivity index (χ1) is 19.6. The molecule has 2 saturated heterocycles. The maximum absolute atomic E-state index is 14.6. The Balaban J connectivity index is 1.44. The van der Waals surface area contributed by atoms with E-state index in [1.807, 2.05) is 16.8 Å². The summed E-state index contributed by atoms with van der Waals surface area (Å²) in [6, 6.07) is 7.45. The van der Waals surface area contributed by atoms with Crippen LogP contribution in [0.4, 0.5) is 8.78 Å². The third-order valence-corrected chi connectivity index (χ3v) is 9.82. The molecule has 5 rings (SSSR count). The van der Waals surface area contributed by atoms with Crippen molar-refractivity contribution >= 4 is 15.9 Å². The number of aliphatic hydroxyl groups excluding tert-OH is 1. The smallest absolute Gasteiger partial charge is 0.244 e. The fraction of sp³-hybridized carbons (Fsp3) is 0.552. The predicted molar refractivity (Wildman–Crippen MR) is 148 cm³/mol. The first-order valence-electron chi connectivity index (χ1n) is 14.0. The first kappa shape index (κ1) is 29.8. The van der Waals surface area contributed by atoms with Crippen LogP contribution in [-0.2, 0) is 19.6 Å². The summed E-state index contributed by atoms with van der Waals surface area (Å²) in [5, 5.41) is 10.6. The van der Waals surface area contributed by atoms with Gasteiger partial charge in [-0.2, -0.15) is 0 Å². The number of rotatable bonds is 2. The molecule has 3 aliphatic rings. The maximum atomic E-state index is 14.6. The van der Waals surface area contributed by atoms with E-state index in [0.717, 1.165) is 25.0 Å². The second kappa shape index (κ2) is 12.3. The van der Waals surface area contributed by atoms with E-state index < -0.39 is 33.2 Å². The zero-order valence-corrected chi connectivity index (χ0v) is 24.0. The van der Waals surface area contributed by atoms with Gasteiger partial charge in [-0.25, -0.2) is 21.9 Å². The monoisotopic (exact) mass is 593 g/mol. The number of halogens is 2. The van der Waals surface area contributed by atoms with Crippen molar-refractivity contribution in [3.8, 4) is 16.9 Å². The Bertz CT molecular complexity index is 1360. The van der Waals surface area contributed by atoms with Crippen molar-refractivity contribution in [2.24, 2.45) is 11.3 Å². The summed E-state index contributed by atoms with van der Waals surface area (Å²) in [4.78, 5) is 16.9. The number of benzene rings is 2. The lowest BCUT2D eigenvalue weighted by atomic mass is 9.78. The Morgan fingerprint density at radius 3 is 2.54 bits per heavy atom. The Hall–Kier alpha value is -2.64. The van der Waals surface area contributed by atoms with Crippen LogP contribution in [0.1, 0.15) is 25.7 Å². The summed E-state index contributed by atoms with van der Waals surface area (Å²) in [5.41, 5.74) is 0.0248. The molecule has 0 aliphatic carbocycles. The number of hydrogen-bond acceptors (Lipinski definition) is 7. The summed E-state index contributed by atoms with van der Waals surface area (Å²) < 4.78 is 68.7. The summed E-state index contributed by atoms with van der Waals surface area (Å²) in [6.07, 6.45) is 1.77. The zero-order chi connectivity index (χ0) is 29.2. The molecule has 3 aliphatic heterocycles. The minimum Gasteiger partial charge on any atom is -0.492 e. The molecule has 1 spiro atoms. The maximum Gasteiger partial charge on any atom is 0.244 e. The predicted octanol–water partition coefficient (Wildman–Crippen LogP) is 2.63. The molecule has 0 radical (unpaired) electrons. The Kier molecular flexibility index (Phi) is 8.95. The molecule has 1 atom stereocenters. The molecule has 12 heteroatoms. The molecule has 0 bridgehead atoms. The van der Waals surface area contributed by atoms with Gasteiger partial charge in [0.2, 0.25) is 15.9 Å². The van der Waals surface area contributed by atoms with Gasteiger partial charge in [-0.05, 0) is 62.6 Å². The van der Waals surface area contributed by atoms with Crippen molar-refractivity contribution in [1.29, 1.82) is 0 Å². The number of sulfonamides is 1. The molecule has 9 nitrogen and oxygen atoms in total. The van der Waals surface area contributed by atoms with Gasteiger partial charge in [0.1, 0.15) is 22.3 Å². The van der Waals surface area contributed by atoms with Crippen LogP contribution in [0, 0.1) is 23.0 Å². The average Bonchev–Trinajstić information content (AvgIpc) is 2.95. The van der Waals surface area contributed by atoms with E-state index in [2.05, 4.69) is 4.72 Å². The normalized spacial score (nSPS) is 24.1. The Morgan fingerprint density at radius 2 is 1.83 bits per heavy atom. The van der Waals surface area contributed by atoms with Gasteiger partial charge >= 0.3 is 0 Å². The molecule has 2 N–H and O–H groups in total. The topological polar surface area (TPSA) is 108 Å². The second-order valence-corrected chi connectivity index (χ2v) is 13.2. The highest BCUT2D eigenvalue weighted by Crippen LogP contribution is 2.37. The van der Waals surface area contributed by atoms with E-state index in [1.54, 1.807) is 0 Å². The van der Waals surface area contributed by atoms with Crippen molar-refractivity contribution in [3.63, 3.8) is 0 Å². The second-order valence-electron chi connectivity index (χ2n) is 11.5. The molecule has 3 heterocycles. The number of ether oxygens (including phenoxy) is 2. The van der Waals surface area contributed by atoms with Gasteiger partial charge in [-0.15, -0.1) is 0 Å². The Labute approximate surface area is 239 Å². The number of piperidine rings is 1. The SMILES string of the molecule is CN1CC(O)CNS(=O)(=O)c2ccc(-c3ccc(F)cc3F)cc2OCC2(CCN(C(=O)C3CCOCC3)CC2)C1. The fourth-order valence-corrected chi connectivity index (χ4v) is 7.26. The van der Waals surface area contributed by atoms with Crippen LogP contribution < -0.4 is 9.46 Å². The van der Waals surface area contributed by atoms with Crippen molar-refractivity contribution in [1.82, 2.24) is 14.5 Å². The van der Waals surface area contributed by atoms with Gasteiger partial charge in [0.15, 0.2) is 0 Å². The molecule has 41 heavy (non-hydrogen) atoms. The number of likely N-dealkylation sites (tertiary alicyclic amines) is 1. The number of carbonyl (C=O) groups excluding carboxylic acids is 1. The molecule has 0 aromatic heterocycles. The van der Waals surface area contributed by atoms with E-state index in [4.69, 9.17) is 9.47 Å². The number of likely N-dealkylation sites (N-methyl/N-ethyl adjacent to an activating group) is 1. The largest absolute Gasteiger partial charge is 0.492 e. The summed E-state index contributed by atoms with van der Waals surface area (Å²) in [5.74, 6) is -1.34. The highest BCUT2D eigenvalue weighted by atomic mass is 32.2. The van der Waals surface area contributed by atoms with Crippen molar-refractivity contribution < 1.29 is 36.6 Å². The molecule has 1 amide bonds. The van der Waals surface area contributed by atoms with Crippen LogP contribution in [0.15, 0.2) is 41.3 Å². The van der Waals surface area contributed by atoms with Crippen LogP contribution in [0.25, 0.3) is 11.1 Å². The van der Waals surface area contributed by atoms with E-state index >= 15 is 0 Å². The van der Waals surface area contributed by atoms with Gasteiger partial charge in [0, 0.05) is 68.9 Å². The molecular formula is C29H37F2N3O6S. The van der Waals surface area contributed by atoms with Crippen LogP contribution in [0.5, 0.6) is 5.75 Å². The number of fused-ring (bicyclic) bond motifs is 1. The number of nitrogens with zero attached hydrogens (tertiary/aromatic N) is 2. The van der Waals surface area contributed by atoms with Crippen molar-refractivity contribution in [2.75, 3.05) is 59.6 Å². The molecule has 2 aromatic rings. The number of aliphatic hydroxyl groups is 1. The van der Waals surface area contributed by atoms with Crippen LogP contribution in [0.2, 0.25) is 0 Å². The van der Waals surface area contributed by atoms with Crippen LogP contribution >= 0.6 is 0 Å². The molecular weight excluding hydrogens is 556 g/mol. The van der Waals surface area contributed by atoms with Gasteiger partial charge in [0.05, 0.1) is 12.7 Å². The summed E-state index contributed by atoms with van der Waals surface area (Å²) in [7, 11) is -2.21. The lowest BCUT2D eigenvalue weighted by Crippen LogP contribution is -2.52. The van der Waals surface area contributed by atoms with E-state index in [0.29, 0.717) is 51.3 Å². The van der Waals surface area contributed by atoms with Crippen molar-refractivity contribution in [3.05, 3.63) is 48.0 Å². The van der Waals surface area contributed by atoms with Gasteiger partial charge in [-0.3, -0.25) is 4.79 Å². The van der Waals surface area contributed by atoms with E-state index in [1.165, 1.54) is 24.3 Å². The van der Waals surface area contributed by atoms with Crippen LogP contribution in [-0.4, -0.2) is 94.9 Å². The number of nitrogens with one attached hydrogen (secondary N) is 1. The van der Waals surface area contributed by atoms with Gasteiger partial charge in [0.25, 0.3) is 0 Å². The highest BCUT2D eigenvalue weighted by Gasteiger charge is 2.40. The fourth-order valence-electron chi connectivity index (χ4n) is 6.06. The number of carbonyl (C=O) groups is 1. The lowest BCUT2D eigenvalue weighted by Gasteiger charge is -2.44. The minimum absolute atomic E-state index is 0.0296.